The number of ketones is 1. The highest BCUT2D eigenvalue weighted by Crippen LogP contribution is 2.18. The Morgan fingerprint density at radius 2 is 1.81 bits per heavy atom. The number of carbonyl (C=O) groups is 1. The maximum Gasteiger partial charge on any atom is 0.185 e. The standard InChI is InChI=1S/C12H23N3O5S/c1-5(2)4-13-12(21)15(3)14-6-7(16)9(18)11(20)10(19)8(6)17/h5-7,9-11,14,16,18-20H,4H2,1-3H3,(H,13,21)/t6?,7-,9-,10-,11-/m1/s1. The van der Waals surface area contributed by atoms with Gasteiger partial charge in [-0.05, 0) is 18.1 Å². The molecule has 1 fully saturated rings. The highest BCUT2D eigenvalue weighted by molar-refractivity contribution is 7.80. The van der Waals surface area contributed by atoms with Crippen molar-refractivity contribution in [1.29, 1.82) is 0 Å². The molecule has 1 unspecified atom stereocenters. The van der Waals surface area contributed by atoms with Crippen molar-refractivity contribution in [2.75, 3.05) is 13.6 Å². The number of hydrazine groups is 1. The third kappa shape index (κ3) is 4.31. The van der Waals surface area contributed by atoms with Crippen LogP contribution >= 0.6 is 12.2 Å². The number of nitrogens with one attached hydrogen (secondary N) is 2. The molecule has 6 N–H and O–H groups in total. The second-order valence-corrected chi connectivity index (χ2v) is 5.95. The van der Waals surface area contributed by atoms with Crippen molar-refractivity contribution in [1.82, 2.24) is 15.8 Å². The molecule has 1 saturated carbocycles. The van der Waals surface area contributed by atoms with Crippen LogP contribution in [0.25, 0.3) is 0 Å². The van der Waals surface area contributed by atoms with E-state index in [9.17, 15) is 25.2 Å². The van der Waals surface area contributed by atoms with Gasteiger partial charge in [0, 0.05) is 13.6 Å². The summed E-state index contributed by atoms with van der Waals surface area (Å²) in [6.07, 6.45) is -6.64. The van der Waals surface area contributed by atoms with Crippen LogP contribution < -0.4 is 10.7 Å². The minimum atomic E-state index is -1.76. The van der Waals surface area contributed by atoms with Crippen LogP contribution in [0.15, 0.2) is 0 Å². The Morgan fingerprint density at radius 1 is 1.24 bits per heavy atom. The van der Waals surface area contributed by atoms with Crippen molar-refractivity contribution in [3.05, 3.63) is 0 Å². The van der Waals surface area contributed by atoms with E-state index < -0.39 is 36.2 Å². The average Bonchev–Trinajstić information content (AvgIpc) is 2.44. The lowest BCUT2D eigenvalue weighted by Gasteiger charge is -2.39. The molecule has 21 heavy (non-hydrogen) atoms. The molecule has 0 aromatic rings. The highest BCUT2D eigenvalue weighted by Gasteiger charge is 2.48. The normalized spacial score (nSPS) is 33.1. The zero-order chi connectivity index (χ0) is 16.3. The van der Waals surface area contributed by atoms with Gasteiger partial charge in [-0.25, -0.2) is 5.43 Å². The molecule has 8 nitrogen and oxygen atoms in total. The Hall–Kier alpha value is -0.840. The van der Waals surface area contributed by atoms with E-state index in [1.54, 1.807) is 7.05 Å². The maximum absolute atomic E-state index is 11.9. The van der Waals surface area contributed by atoms with Crippen molar-refractivity contribution in [2.24, 2.45) is 5.92 Å². The van der Waals surface area contributed by atoms with Crippen LogP contribution in [0, 0.1) is 5.92 Å². The molecule has 1 aliphatic rings. The summed E-state index contributed by atoms with van der Waals surface area (Å²) in [6.45, 7) is 4.65. The minimum Gasteiger partial charge on any atom is -0.388 e. The molecule has 0 aliphatic heterocycles. The van der Waals surface area contributed by atoms with Gasteiger partial charge in [0.1, 0.15) is 30.5 Å². The summed E-state index contributed by atoms with van der Waals surface area (Å²) in [4.78, 5) is 11.9. The molecule has 0 radical (unpaired) electrons. The first-order chi connectivity index (χ1) is 9.66. The van der Waals surface area contributed by atoms with Crippen molar-refractivity contribution in [3.63, 3.8) is 0 Å². The number of aliphatic hydroxyl groups excluding tert-OH is 4. The molecule has 0 aromatic carbocycles. The molecular weight excluding hydrogens is 298 g/mol. The molecule has 9 heteroatoms. The van der Waals surface area contributed by atoms with E-state index in [0.717, 1.165) is 0 Å². The van der Waals surface area contributed by atoms with Gasteiger partial charge in [-0.3, -0.25) is 9.80 Å². The Balaban J connectivity index is 2.67. The lowest BCUT2D eigenvalue weighted by molar-refractivity contribution is -0.171. The zero-order valence-corrected chi connectivity index (χ0v) is 13.0. The first-order valence-electron chi connectivity index (χ1n) is 6.70. The third-order valence-corrected chi connectivity index (χ3v) is 3.68. The number of aliphatic hydroxyl groups is 4. The summed E-state index contributed by atoms with van der Waals surface area (Å²) in [5.41, 5.74) is 2.62. The summed E-state index contributed by atoms with van der Waals surface area (Å²) in [5, 5.41) is 43.0. The van der Waals surface area contributed by atoms with Crippen molar-refractivity contribution < 1.29 is 25.2 Å². The number of Topliss-reactive ketones (excluding diaryl/α,β-unsaturated/α-hetero) is 1. The molecule has 1 rings (SSSR count). The van der Waals surface area contributed by atoms with Crippen LogP contribution in [-0.2, 0) is 4.79 Å². The second kappa shape index (κ2) is 7.43. The van der Waals surface area contributed by atoms with E-state index >= 15 is 0 Å². The fraction of sp³-hybridized carbons (Fsp3) is 0.833. The van der Waals surface area contributed by atoms with Gasteiger partial charge in [-0.15, -0.1) is 0 Å². The number of carbonyl (C=O) groups excluding carboxylic acids is 1. The number of hydrogen-bond donors (Lipinski definition) is 6. The summed E-state index contributed by atoms with van der Waals surface area (Å²) in [7, 11) is 1.54. The number of nitrogens with zero attached hydrogens (tertiary/aromatic N) is 1. The van der Waals surface area contributed by atoms with Gasteiger partial charge in [0.2, 0.25) is 0 Å². The van der Waals surface area contributed by atoms with Crippen LogP contribution in [0.5, 0.6) is 0 Å². The summed E-state index contributed by atoms with van der Waals surface area (Å²) < 4.78 is 0. The van der Waals surface area contributed by atoms with Crippen LogP contribution in [-0.4, -0.2) is 80.4 Å². The zero-order valence-electron chi connectivity index (χ0n) is 12.2. The van der Waals surface area contributed by atoms with Gasteiger partial charge in [0.15, 0.2) is 10.9 Å². The third-order valence-electron chi connectivity index (χ3n) is 3.26. The molecule has 0 spiro atoms. The van der Waals surface area contributed by atoms with E-state index in [4.69, 9.17) is 12.2 Å². The van der Waals surface area contributed by atoms with Gasteiger partial charge in [0.25, 0.3) is 0 Å². The summed E-state index contributed by atoms with van der Waals surface area (Å²) >= 11 is 5.11. The van der Waals surface area contributed by atoms with Crippen LogP contribution in [0.1, 0.15) is 13.8 Å². The predicted molar refractivity (Wildman–Crippen MR) is 79.2 cm³/mol. The van der Waals surface area contributed by atoms with Crippen LogP contribution in [0.4, 0.5) is 0 Å². The molecule has 0 bridgehead atoms. The van der Waals surface area contributed by atoms with Crippen molar-refractivity contribution in [2.45, 2.75) is 44.3 Å². The molecule has 1 aliphatic carbocycles. The van der Waals surface area contributed by atoms with Gasteiger partial charge >= 0.3 is 0 Å². The van der Waals surface area contributed by atoms with Crippen molar-refractivity contribution >= 4 is 23.1 Å². The van der Waals surface area contributed by atoms with Crippen molar-refractivity contribution in [3.8, 4) is 0 Å². The number of rotatable bonds is 4. The van der Waals surface area contributed by atoms with E-state index in [-0.39, 0.29) is 0 Å². The van der Waals surface area contributed by atoms with Gasteiger partial charge in [0.05, 0.1) is 0 Å². The summed E-state index contributed by atoms with van der Waals surface area (Å²) in [6, 6.07) is -1.26. The lowest BCUT2D eigenvalue weighted by Crippen LogP contribution is -2.68. The Kier molecular flexibility index (Phi) is 6.44. The lowest BCUT2D eigenvalue weighted by atomic mass is 9.85. The van der Waals surface area contributed by atoms with Gasteiger partial charge < -0.3 is 25.7 Å². The molecule has 0 aromatic heterocycles. The quantitative estimate of drug-likeness (QED) is 0.243. The smallest absolute Gasteiger partial charge is 0.185 e. The molecule has 0 amide bonds. The Morgan fingerprint density at radius 3 is 2.33 bits per heavy atom. The first kappa shape index (κ1) is 18.2. The molecule has 5 atom stereocenters. The molecular formula is C12H23N3O5S. The highest BCUT2D eigenvalue weighted by atomic mass is 32.1. The van der Waals surface area contributed by atoms with Crippen LogP contribution in [0.2, 0.25) is 0 Å². The molecule has 0 heterocycles. The minimum absolute atomic E-state index is 0.304. The number of hydrogen-bond acceptors (Lipinski definition) is 7. The monoisotopic (exact) mass is 321 g/mol. The van der Waals surface area contributed by atoms with E-state index in [0.29, 0.717) is 17.6 Å². The molecule has 122 valence electrons. The SMILES string of the molecule is CC(C)CNC(=S)N(C)NC1C(=O)[C@@H](O)[C@H](O)[C@H](O)[C@@H]1O. The predicted octanol–water partition coefficient (Wildman–Crippen LogP) is -2.65. The summed E-state index contributed by atoms with van der Waals surface area (Å²) in [5.74, 6) is -0.434. The van der Waals surface area contributed by atoms with E-state index in [1.165, 1.54) is 5.01 Å². The largest absolute Gasteiger partial charge is 0.388 e. The Labute approximate surface area is 128 Å². The van der Waals surface area contributed by atoms with Gasteiger partial charge in [-0.1, -0.05) is 13.8 Å². The topological polar surface area (TPSA) is 125 Å². The fourth-order valence-corrected chi connectivity index (χ4v) is 2.06. The molecule has 0 saturated heterocycles. The van der Waals surface area contributed by atoms with E-state index in [1.807, 2.05) is 13.8 Å². The first-order valence-corrected chi connectivity index (χ1v) is 7.11. The maximum atomic E-state index is 11.9. The number of thiocarbonyl (C=S) groups is 1. The Bertz CT molecular complexity index is 395. The van der Waals surface area contributed by atoms with Crippen LogP contribution in [0.3, 0.4) is 0 Å². The fourth-order valence-electron chi connectivity index (χ4n) is 1.92. The second-order valence-electron chi connectivity index (χ2n) is 5.56. The average molecular weight is 321 g/mol. The van der Waals surface area contributed by atoms with Gasteiger partial charge in [-0.2, -0.15) is 0 Å². The van der Waals surface area contributed by atoms with E-state index in [2.05, 4.69) is 10.7 Å².